The van der Waals surface area contributed by atoms with Crippen LogP contribution < -0.4 is 15.2 Å². The van der Waals surface area contributed by atoms with Crippen molar-refractivity contribution < 1.29 is 57.1 Å². The Labute approximate surface area is 332 Å². The van der Waals surface area contributed by atoms with Gasteiger partial charge in [-0.05, 0) is 48.1 Å². The standard InChI is InChI=1S/C41H54N4O12/c1-24(2)36-33(21-31-14-15-32(20-25(31)3)51-19-11-17-45(18-16-35(42)50)22-30-12-9-8-10-13-30)40(44-43-36)57-41-39(55-29(7)49)38(54-28(6)48)37(53-27(5)47)34(56-41)23-52-26(4)46/h8-10,12-15,20,24,34,37-39,41H,11,16-19,21-23H2,1-7H3,(H2,42,50)(H,43,44)/t34-,37-,38+,39-,41?/m1/s1. The lowest BCUT2D eigenvalue weighted by Crippen LogP contribution is -2.63. The zero-order valence-corrected chi connectivity index (χ0v) is 33.6. The minimum Gasteiger partial charge on any atom is -0.494 e. The van der Waals surface area contributed by atoms with Crippen molar-refractivity contribution in [1.29, 1.82) is 0 Å². The number of aromatic nitrogens is 2. The lowest BCUT2D eigenvalue weighted by atomic mass is 9.96. The van der Waals surface area contributed by atoms with Gasteiger partial charge in [0.15, 0.2) is 12.2 Å². The molecule has 1 amide bonds. The highest BCUT2D eigenvalue weighted by molar-refractivity contribution is 5.73. The number of esters is 4. The van der Waals surface area contributed by atoms with Gasteiger partial charge in [0.2, 0.25) is 24.2 Å². The van der Waals surface area contributed by atoms with Crippen LogP contribution in [0.25, 0.3) is 0 Å². The number of benzene rings is 2. The maximum Gasteiger partial charge on any atom is 0.303 e. The van der Waals surface area contributed by atoms with E-state index in [9.17, 15) is 24.0 Å². The summed E-state index contributed by atoms with van der Waals surface area (Å²) in [7, 11) is 0. The van der Waals surface area contributed by atoms with Crippen molar-refractivity contribution >= 4 is 29.8 Å². The number of nitrogens with one attached hydrogen (secondary N) is 1. The number of H-pyrrole nitrogens is 1. The lowest BCUT2D eigenvalue weighted by molar-refractivity contribution is -0.289. The molecule has 4 rings (SSSR count). The number of ether oxygens (including phenoxy) is 7. The average molecular weight is 795 g/mol. The summed E-state index contributed by atoms with van der Waals surface area (Å²) < 4.78 is 40.5. The Balaban J connectivity index is 1.52. The SMILES string of the molecule is CC(=O)OC[C@H]1OC(Oc2n[nH]c(C(C)C)c2Cc2ccc(OCCCN(CCC(N)=O)Cc3ccccc3)cc2C)[C@H](OC(C)=O)[C@@H](OC(C)=O)[C@@H]1OC(C)=O. The highest BCUT2D eigenvalue weighted by atomic mass is 16.7. The predicted molar refractivity (Wildman–Crippen MR) is 205 cm³/mol. The number of primary amides is 1. The van der Waals surface area contributed by atoms with Gasteiger partial charge < -0.3 is 38.9 Å². The summed E-state index contributed by atoms with van der Waals surface area (Å²) in [6.45, 7) is 12.7. The van der Waals surface area contributed by atoms with Gasteiger partial charge in [-0.3, -0.25) is 34.0 Å². The van der Waals surface area contributed by atoms with E-state index in [-0.39, 0.29) is 24.1 Å². The van der Waals surface area contributed by atoms with Crippen LogP contribution in [0.3, 0.4) is 0 Å². The van der Waals surface area contributed by atoms with Crippen LogP contribution in [-0.4, -0.2) is 102 Å². The minimum atomic E-state index is -1.44. The van der Waals surface area contributed by atoms with Crippen molar-refractivity contribution in [2.24, 2.45) is 5.73 Å². The van der Waals surface area contributed by atoms with E-state index in [1.807, 2.05) is 57.2 Å². The van der Waals surface area contributed by atoms with Crippen molar-refractivity contribution in [3.63, 3.8) is 0 Å². The third-order valence-electron chi connectivity index (χ3n) is 9.11. The third kappa shape index (κ3) is 13.6. The fourth-order valence-corrected chi connectivity index (χ4v) is 6.51. The lowest BCUT2D eigenvalue weighted by Gasteiger charge is -2.43. The summed E-state index contributed by atoms with van der Waals surface area (Å²) in [5, 5.41) is 7.51. The molecule has 16 nitrogen and oxygen atoms in total. The van der Waals surface area contributed by atoms with Crippen molar-refractivity contribution in [2.45, 2.75) is 111 Å². The van der Waals surface area contributed by atoms with Crippen molar-refractivity contribution in [3.8, 4) is 11.6 Å². The van der Waals surface area contributed by atoms with E-state index in [0.29, 0.717) is 37.4 Å². The molecule has 1 saturated heterocycles. The number of hydrogen-bond donors (Lipinski definition) is 2. The number of amides is 1. The van der Waals surface area contributed by atoms with E-state index < -0.39 is 61.2 Å². The second kappa shape index (κ2) is 21.2. The van der Waals surface area contributed by atoms with Crippen LogP contribution >= 0.6 is 0 Å². The first-order chi connectivity index (χ1) is 27.1. The van der Waals surface area contributed by atoms with Crippen molar-refractivity contribution in [2.75, 3.05) is 26.3 Å². The monoisotopic (exact) mass is 794 g/mol. The summed E-state index contributed by atoms with van der Waals surface area (Å²) in [5.41, 5.74) is 9.96. The molecule has 1 aliphatic heterocycles. The largest absolute Gasteiger partial charge is 0.494 e. The summed E-state index contributed by atoms with van der Waals surface area (Å²) in [5.74, 6) is -2.37. The van der Waals surface area contributed by atoms with Gasteiger partial charge in [-0.1, -0.05) is 50.2 Å². The smallest absolute Gasteiger partial charge is 0.303 e. The summed E-state index contributed by atoms with van der Waals surface area (Å²) in [6.07, 6.45) is -5.35. The fraction of sp³-hybridized carbons (Fsp3) is 0.512. The Hall–Kier alpha value is -5.48. The molecular formula is C41H54N4O12. The van der Waals surface area contributed by atoms with Crippen molar-refractivity contribution in [1.82, 2.24) is 15.1 Å². The molecule has 0 radical (unpaired) electrons. The molecule has 2 heterocycles. The molecule has 5 atom stereocenters. The second-order valence-electron chi connectivity index (χ2n) is 14.2. The van der Waals surface area contributed by atoms with Crippen LogP contribution in [0.1, 0.15) is 88.2 Å². The molecule has 3 aromatic rings. The number of aryl methyl sites for hydroxylation is 1. The molecule has 0 spiro atoms. The summed E-state index contributed by atoms with van der Waals surface area (Å²) in [4.78, 5) is 62.2. The molecule has 1 fully saturated rings. The minimum absolute atomic E-state index is 0.00686. The maximum absolute atomic E-state index is 12.4. The van der Waals surface area contributed by atoms with E-state index in [1.54, 1.807) is 0 Å². The van der Waals surface area contributed by atoms with Crippen LogP contribution in [0, 0.1) is 6.92 Å². The van der Waals surface area contributed by atoms with Crippen LogP contribution in [-0.2, 0) is 60.6 Å². The maximum atomic E-state index is 12.4. The van der Waals surface area contributed by atoms with Gasteiger partial charge in [0.05, 0.1) is 6.61 Å². The first kappa shape index (κ1) is 44.2. The number of carbonyl (C=O) groups is 5. The number of nitrogens with zero attached hydrogens (tertiary/aromatic N) is 2. The van der Waals surface area contributed by atoms with E-state index in [2.05, 4.69) is 27.2 Å². The summed E-state index contributed by atoms with van der Waals surface area (Å²) >= 11 is 0. The van der Waals surface area contributed by atoms with Crippen LogP contribution in [0.5, 0.6) is 11.6 Å². The first-order valence-electron chi connectivity index (χ1n) is 18.9. The number of nitrogens with two attached hydrogens (primary N) is 1. The number of hydrogen-bond acceptors (Lipinski definition) is 14. The van der Waals surface area contributed by atoms with Crippen LogP contribution in [0.2, 0.25) is 0 Å². The number of rotatable bonds is 20. The molecular weight excluding hydrogens is 740 g/mol. The van der Waals surface area contributed by atoms with E-state index >= 15 is 0 Å². The zero-order valence-electron chi connectivity index (χ0n) is 33.6. The van der Waals surface area contributed by atoms with Gasteiger partial charge in [-0.2, -0.15) is 0 Å². The van der Waals surface area contributed by atoms with E-state index in [0.717, 1.165) is 56.1 Å². The topological polar surface area (TPSA) is 208 Å². The predicted octanol–water partition coefficient (Wildman–Crippen LogP) is 4.04. The summed E-state index contributed by atoms with van der Waals surface area (Å²) in [6, 6.07) is 15.9. The molecule has 310 valence electrons. The van der Waals surface area contributed by atoms with Crippen LogP contribution in [0.4, 0.5) is 0 Å². The Kier molecular flexibility index (Phi) is 16.4. The van der Waals surface area contributed by atoms with E-state index in [1.165, 1.54) is 6.92 Å². The normalized spacial score (nSPS) is 19.1. The van der Waals surface area contributed by atoms with Crippen LogP contribution in [0.15, 0.2) is 48.5 Å². The van der Waals surface area contributed by atoms with Gasteiger partial charge in [0.1, 0.15) is 18.5 Å². The molecule has 1 aromatic heterocycles. The molecule has 1 aliphatic rings. The number of aromatic amines is 1. The number of carbonyl (C=O) groups excluding carboxylic acids is 5. The average Bonchev–Trinajstić information content (AvgIpc) is 3.53. The Morgan fingerprint density at radius 2 is 1.54 bits per heavy atom. The highest BCUT2D eigenvalue weighted by Crippen LogP contribution is 2.35. The molecule has 0 saturated carbocycles. The Morgan fingerprint density at radius 1 is 0.877 bits per heavy atom. The fourth-order valence-electron chi connectivity index (χ4n) is 6.51. The van der Waals surface area contributed by atoms with Crippen molar-refractivity contribution in [3.05, 3.63) is 76.5 Å². The molecule has 0 bridgehead atoms. The van der Waals surface area contributed by atoms with Gasteiger partial charge in [0.25, 0.3) is 0 Å². The Morgan fingerprint density at radius 3 is 2.16 bits per heavy atom. The van der Waals surface area contributed by atoms with Gasteiger partial charge >= 0.3 is 23.9 Å². The quantitative estimate of drug-likeness (QED) is 0.0941. The van der Waals surface area contributed by atoms with Gasteiger partial charge in [-0.15, -0.1) is 5.10 Å². The van der Waals surface area contributed by atoms with Gasteiger partial charge in [-0.25, -0.2) is 0 Å². The zero-order chi connectivity index (χ0) is 41.6. The molecule has 2 aromatic carbocycles. The highest BCUT2D eigenvalue weighted by Gasteiger charge is 2.53. The Bertz CT molecular complexity index is 1830. The second-order valence-corrected chi connectivity index (χ2v) is 14.2. The van der Waals surface area contributed by atoms with E-state index in [4.69, 9.17) is 38.9 Å². The third-order valence-corrected chi connectivity index (χ3v) is 9.11. The molecule has 3 N–H and O–H groups in total. The molecule has 16 heteroatoms. The molecule has 57 heavy (non-hydrogen) atoms. The molecule has 0 aliphatic carbocycles. The molecule has 1 unspecified atom stereocenters. The first-order valence-corrected chi connectivity index (χ1v) is 18.9. The van der Waals surface area contributed by atoms with Gasteiger partial charge in [0, 0.05) is 71.4 Å².